The Morgan fingerprint density at radius 2 is 1.15 bits per heavy atom. The van der Waals surface area contributed by atoms with Crippen LogP contribution in [0.25, 0.3) is 0 Å². The zero-order chi connectivity index (χ0) is 24.2. The van der Waals surface area contributed by atoms with Crippen LogP contribution < -0.4 is 0 Å². The molecule has 0 aromatic rings. The Morgan fingerprint density at radius 1 is 0.735 bits per heavy atom. The third-order valence-electron chi connectivity index (χ3n) is 9.04. The van der Waals surface area contributed by atoms with Crippen molar-refractivity contribution in [1.82, 2.24) is 0 Å². The Bertz CT molecular complexity index is 710. The molecule has 2 saturated carbocycles. The third kappa shape index (κ3) is 5.95. The second-order valence-corrected chi connectivity index (χ2v) is 11.4. The summed E-state index contributed by atoms with van der Waals surface area (Å²) in [6.45, 7) is 13.6. The van der Waals surface area contributed by atoms with Crippen LogP contribution in [0.3, 0.4) is 0 Å². The number of hydrogen-bond acceptors (Lipinski definition) is 4. The molecule has 4 fully saturated rings. The van der Waals surface area contributed by atoms with Gasteiger partial charge in [0.05, 0.1) is 37.6 Å². The van der Waals surface area contributed by atoms with E-state index < -0.39 is 0 Å². The number of aliphatic hydroxyl groups is 2. The van der Waals surface area contributed by atoms with Crippen LogP contribution in [0.4, 0.5) is 0 Å². The molecule has 0 spiro atoms. The van der Waals surface area contributed by atoms with Gasteiger partial charge in [0, 0.05) is 23.7 Å². The predicted octanol–water partition coefficient (Wildman–Crippen LogP) is 5.90. The molecule has 2 aliphatic carbocycles. The van der Waals surface area contributed by atoms with E-state index in [1.165, 1.54) is 11.1 Å². The monoisotopic (exact) mass is 470 g/mol. The van der Waals surface area contributed by atoms with Crippen molar-refractivity contribution in [2.24, 2.45) is 23.7 Å². The summed E-state index contributed by atoms with van der Waals surface area (Å²) in [6.07, 6.45) is 15.0. The van der Waals surface area contributed by atoms with Gasteiger partial charge in [0.15, 0.2) is 0 Å². The van der Waals surface area contributed by atoms with Crippen molar-refractivity contribution < 1.29 is 19.7 Å². The Morgan fingerprint density at radius 3 is 1.44 bits per heavy atom. The van der Waals surface area contributed by atoms with Crippen molar-refractivity contribution in [3.63, 3.8) is 0 Å². The van der Waals surface area contributed by atoms with E-state index in [1.807, 2.05) is 13.8 Å². The van der Waals surface area contributed by atoms with Gasteiger partial charge in [-0.1, -0.05) is 36.5 Å². The number of hydrogen-bond donors (Lipinski definition) is 2. The van der Waals surface area contributed by atoms with Crippen LogP contribution in [-0.4, -0.2) is 47.8 Å². The van der Waals surface area contributed by atoms with Crippen molar-refractivity contribution in [1.29, 1.82) is 0 Å². The van der Waals surface area contributed by atoms with E-state index in [2.05, 4.69) is 25.3 Å². The lowest BCUT2D eigenvalue weighted by Gasteiger charge is -2.32. The molecule has 2 heterocycles. The molecule has 2 N–H and O–H groups in total. The SMILES string of the molecule is C=C(C)[C@@H]1CC[C@H]([C@H]2CC/C(=C/CC/C=C3\CC[C@H]([C@H]4CC[C@@H](C(=C)C)[C@@H]4O)OC3)CO2)[C@H]1O. The zero-order valence-corrected chi connectivity index (χ0v) is 21.4. The molecular weight excluding hydrogens is 424 g/mol. The van der Waals surface area contributed by atoms with Crippen LogP contribution in [0.15, 0.2) is 47.6 Å². The highest BCUT2D eigenvalue weighted by molar-refractivity contribution is 5.12. The number of allylic oxidation sites excluding steroid dienone is 2. The fourth-order valence-electron chi connectivity index (χ4n) is 6.88. The van der Waals surface area contributed by atoms with E-state index in [0.29, 0.717) is 13.2 Å². The summed E-state index contributed by atoms with van der Waals surface area (Å²) in [4.78, 5) is 0. The largest absolute Gasteiger partial charge is 0.392 e. The second kappa shape index (κ2) is 11.7. The number of rotatable bonds is 7. The molecule has 2 saturated heterocycles. The van der Waals surface area contributed by atoms with Gasteiger partial charge in [-0.3, -0.25) is 0 Å². The van der Waals surface area contributed by atoms with Gasteiger partial charge in [0.2, 0.25) is 0 Å². The lowest BCUT2D eigenvalue weighted by molar-refractivity contribution is -0.0395. The van der Waals surface area contributed by atoms with Crippen LogP contribution in [-0.2, 0) is 9.47 Å². The minimum atomic E-state index is -0.290. The molecule has 0 amide bonds. The molecular formula is C30H46O4. The molecule has 4 nitrogen and oxygen atoms in total. The molecule has 0 bridgehead atoms. The quantitative estimate of drug-likeness (QED) is 0.359. The van der Waals surface area contributed by atoms with Crippen LogP contribution in [0, 0.1) is 23.7 Å². The van der Waals surface area contributed by atoms with Crippen LogP contribution >= 0.6 is 0 Å². The molecule has 4 aliphatic rings. The van der Waals surface area contributed by atoms with Crippen LogP contribution in [0.2, 0.25) is 0 Å². The molecule has 0 aromatic carbocycles. The summed E-state index contributed by atoms with van der Waals surface area (Å²) in [5, 5.41) is 21.3. The molecule has 190 valence electrons. The summed E-state index contributed by atoms with van der Waals surface area (Å²) in [5.41, 5.74) is 5.01. The summed E-state index contributed by atoms with van der Waals surface area (Å²) in [5.74, 6) is 1.02. The topological polar surface area (TPSA) is 58.9 Å². The van der Waals surface area contributed by atoms with Crippen molar-refractivity contribution in [3.05, 3.63) is 47.6 Å². The van der Waals surface area contributed by atoms with Gasteiger partial charge in [-0.15, -0.1) is 0 Å². The third-order valence-corrected chi connectivity index (χ3v) is 9.04. The fourth-order valence-corrected chi connectivity index (χ4v) is 6.88. The summed E-state index contributed by atoms with van der Waals surface area (Å²) in [6, 6.07) is 0. The lowest BCUT2D eigenvalue weighted by atomic mass is 9.88. The van der Waals surface area contributed by atoms with E-state index in [1.54, 1.807) is 0 Å². The second-order valence-electron chi connectivity index (χ2n) is 11.4. The average molecular weight is 471 g/mol. The average Bonchev–Trinajstić information content (AvgIpc) is 3.40. The molecule has 0 unspecified atom stereocenters. The maximum atomic E-state index is 10.7. The molecule has 34 heavy (non-hydrogen) atoms. The van der Waals surface area contributed by atoms with E-state index in [9.17, 15) is 10.2 Å². The number of ether oxygens (including phenoxy) is 2. The van der Waals surface area contributed by atoms with Gasteiger partial charge in [-0.2, -0.15) is 0 Å². The first kappa shape index (κ1) is 25.9. The number of unbranched alkanes of at least 4 members (excludes halogenated alkanes) is 1. The predicted molar refractivity (Wildman–Crippen MR) is 137 cm³/mol. The first-order valence-electron chi connectivity index (χ1n) is 13.6. The summed E-state index contributed by atoms with van der Waals surface area (Å²) in [7, 11) is 0. The van der Waals surface area contributed by atoms with Crippen LogP contribution in [0.1, 0.15) is 78.1 Å². The lowest BCUT2D eigenvalue weighted by Crippen LogP contribution is -2.35. The molecule has 8 atom stereocenters. The van der Waals surface area contributed by atoms with Gasteiger partial charge in [0.1, 0.15) is 0 Å². The van der Waals surface area contributed by atoms with E-state index >= 15 is 0 Å². The van der Waals surface area contributed by atoms with Crippen molar-refractivity contribution in [3.8, 4) is 0 Å². The smallest absolute Gasteiger partial charge is 0.0680 e. The highest BCUT2D eigenvalue weighted by atomic mass is 16.5. The Labute approximate surface area is 206 Å². The van der Waals surface area contributed by atoms with Crippen molar-refractivity contribution in [2.75, 3.05) is 13.2 Å². The highest BCUT2D eigenvalue weighted by Gasteiger charge is 2.41. The van der Waals surface area contributed by atoms with Gasteiger partial charge in [-0.25, -0.2) is 0 Å². The summed E-state index contributed by atoms with van der Waals surface area (Å²) >= 11 is 0. The first-order chi connectivity index (χ1) is 16.3. The standard InChI is InChI=1S/C30H46O4/c1-19(2)23-11-13-25(29(23)31)27-15-9-21(17-33-27)7-5-6-8-22-10-16-28(34-18-22)26-14-12-24(20(3)4)30(26)32/h7-8,23-32H,1,3,5-6,9-18H2,2,4H3/b21-7-,22-8+/t23-,24-,25+,26+,27+,28+,29-,30-/m0/s1. The van der Waals surface area contributed by atoms with E-state index in [-0.39, 0.29) is 48.1 Å². The number of aliphatic hydroxyl groups excluding tert-OH is 2. The van der Waals surface area contributed by atoms with Crippen molar-refractivity contribution in [2.45, 2.75) is 102 Å². The van der Waals surface area contributed by atoms with Gasteiger partial charge < -0.3 is 19.7 Å². The highest BCUT2D eigenvalue weighted by Crippen LogP contribution is 2.42. The van der Waals surface area contributed by atoms with Crippen LogP contribution in [0.5, 0.6) is 0 Å². The first-order valence-corrected chi connectivity index (χ1v) is 13.6. The normalized spacial score (nSPS) is 41.3. The minimum Gasteiger partial charge on any atom is -0.392 e. The van der Waals surface area contributed by atoms with Gasteiger partial charge in [0.25, 0.3) is 0 Å². The van der Waals surface area contributed by atoms with E-state index in [0.717, 1.165) is 75.4 Å². The van der Waals surface area contributed by atoms with Gasteiger partial charge in [-0.05, 0) is 89.2 Å². The Hall–Kier alpha value is -1.20. The molecule has 0 radical (unpaired) electrons. The minimum absolute atomic E-state index is 0.190. The summed E-state index contributed by atoms with van der Waals surface area (Å²) < 4.78 is 12.4. The molecule has 2 aliphatic heterocycles. The zero-order valence-electron chi connectivity index (χ0n) is 21.4. The maximum absolute atomic E-state index is 10.7. The van der Waals surface area contributed by atoms with Gasteiger partial charge >= 0.3 is 0 Å². The fraction of sp³-hybridized carbons (Fsp3) is 0.733. The van der Waals surface area contributed by atoms with Crippen molar-refractivity contribution >= 4 is 0 Å². The maximum Gasteiger partial charge on any atom is 0.0680 e. The molecule has 4 heteroatoms. The Kier molecular flexibility index (Phi) is 8.90. The van der Waals surface area contributed by atoms with E-state index in [4.69, 9.17) is 9.47 Å². The molecule has 0 aromatic heterocycles. The Balaban J connectivity index is 1.15. The molecule has 4 rings (SSSR count).